The van der Waals surface area contributed by atoms with Crippen LogP contribution in [0.15, 0.2) is 28.1 Å². The highest BCUT2D eigenvalue weighted by Gasteiger charge is 2.14. The quantitative estimate of drug-likeness (QED) is 0.822. The minimum absolute atomic E-state index is 0.152. The van der Waals surface area contributed by atoms with Crippen molar-refractivity contribution in [3.63, 3.8) is 0 Å². The van der Waals surface area contributed by atoms with Gasteiger partial charge in [-0.25, -0.2) is 0 Å². The average molecular weight is 294 g/mol. The zero-order valence-corrected chi connectivity index (χ0v) is 12.2. The van der Waals surface area contributed by atoms with Gasteiger partial charge in [0.05, 0.1) is 0 Å². The van der Waals surface area contributed by atoms with E-state index in [1.165, 1.54) is 4.88 Å². The highest BCUT2D eigenvalue weighted by atomic mass is 32.1. The Bertz CT molecular complexity index is 536. The summed E-state index contributed by atoms with van der Waals surface area (Å²) in [7, 11) is 0. The number of aliphatic hydroxyl groups is 1. The van der Waals surface area contributed by atoms with E-state index >= 15 is 0 Å². The number of aliphatic hydroxyl groups excluding tert-OH is 1. The molecule has 2 rings (SSSR count). The maximum Gasteiger partial charge on any atom is 0.273 e. The van der Waals surface area contributed by atoms with Gasteiger partial charge in [-0.3, -0.25) is 4.79 Å². The summed E-state index contributed by atoms with van der Waals surface area (Å²) in [6.07, 6.45) is 1.50. The first-order valence-electron chi connectivity index (χ1n) is 6.56. The van der Waals surface area contributed by atoms with Crippen molar-refractivity contribution in [1.82, 2.24) is 10.5 Å². The van der Waals surface area contributed by atoms with E-state index in [1.54, 1.807) is 24.3 Å². The molecule has 2 aromatic rings. The smallest absolute Gasteiger partial charge is 0.273 e. The molecule has 0 aliphatic carbocycles. The monoisotopic (exact) mass is 294 g/mol. The summed E-state index contributed by atoms with van der Waals surface area (Å²) in [6.45, 7) is 2.45. The number of carbonyl (C=O) groups excluding carboxylic acids is 1. The molecule has 2 aromatic heterocycles. The number of aromatic nitrogens is 1. The summed E-state index contributed by atoms with van der Waals surface area (Å²) in [4.78, 5) is 13.0. The fourth-order valence-corrected chi connectivity index (χ4v) is 2.93. The first kappa shape index (κ1) is 14.7. The van der Waals surface area contributed by atoms with Crippen molar-refractivity contribution in [1.29, 1.82) is 0 Å². The normalized spacial score (nSPS) is 12.3. The molecule has 0 saturated carbocycles. The third-order valence-corrected chi connectivity index (χ3v) is 4.10. The van der Waals surface area contributed by atoms with Crippen LogP contribution in [-0.4, -0.2) is 29.3 Å². The maximum absolute atomic E-state index is 11.8. The summed E-state index contributed by atoms with van der Waals surface area (Å²) in [5.41, 5.74) is 0.303. The molecular weight excluding hydrogens is 276 g/mol. The standard InChI is InChI=1S/C14H18N2O3S/c1-10-9-12(16-19-10)14(18)15-6-4-11(5-7-17)13-3-2-8-20-13/h2-3,8-9,11,17H,4-7H2,1H3,(H,15,18)/t11-/m1/s1. The van der Waals surface area contributed by atoms with Gasteiger partial charge in [0.25, 0.3) is 5.91 Å². The van der Waals surface area contributed by atoms with Gasteiger partial charge in [-0.2, -0.15) is 0 Å². The van der Waals surface area contributed by atoms with Gasteiger partial charge in [-0.05, 0) is 37.1 Å². The topological polar surface area (TPSA) is 75.4 Å². The predicted octanol–water partition coefficient (Wildman–Crippen LogP) is 2.33. The lowest BCUT2D eigenvalue weighted by molar-refractivity contribution is 0.0943. The Morgan fingerprint density at radius 1 is 1.55 bits per heavy atom. The lowest BCUT2D eigenvalue weighted by Crippen LogP contribution is -2.26. The van der Waals surface area contributed by atoms with E-state index < -0.39 is 0 Å². The number of aryl methyl sites for hydroxylation is 1. The van der Waals surface area contributed by atoms with Gasteiger partial charge in [-0.1, -0.05) is 11.2 Å². The molecule has 2 N–H and O–H groups in total. The number of rotatable bonds is 7. The Morgan fingerprint density at radius 3 is 3.00 bits per heavy atom. The summed E-state index contributed by atoms with van der Waals surface area (Å²) >= 11 is 1.68. The number of carbonyl (C=O) groups is 1. The summed E-state index contributed by atoms with van der Waals surface area (Å²) in [5, 5.41) is 17.6. The first-order chi connectivity index (χ1) is 9.70. The van der Waals surface area contributed by atoms with Gasteiger partial charge in [0, 0.05) is 24.1 Å². The van der Waals surface area contributed by atoms with Crippen molar-refractivity contribution in [3.05, 3.63) is 39.9 Å². The molecule has 0 radical (unpaired) electrons. The third-order valence-electron chi connectivity index (χ3n) is 3.06. The number of hydrogen-bond acceptors (Lipinski definition) is 5. The summed E-state index contributed by atoms with van der Waals surface area (Å²) in [5.74, 6) is 0.669. The van der Waals surface area contributed by atoms with Gasteiger partial charge in [0.15, 0.2) is 5.69 Å². The van der Waals surface area contributed by atoms with Crippen LogP contribution in [0.4, 0.5) is 0 Å². The van der Waals surface area contributed by atoms with Gasteiger partial charge in [0.2, 0.25) is 0 Å². The first-order valence-corrected chi connectivity index (χ1v) is 7.44. The molecule has 20 heavy (non-hydrogen) atoms. The van der Waals surface area contributed by atoms with Crippen molar-refractivity contribution in [3.8, 4) is 0 Å². The molecule has 0 bridgehead atoms. The second kappa shape index (κ2) is 7.21. The van der Waals surface area contributed by atoms with Crippen molar-refractivity contribution < 1.29 is 14.4 Å². The fourth-order valence-electron chi connectivity index (χ4n) is 2.03. The van der Waals surface area contributed by atoms with Crippen LogP contribution in [0.5, 0.6) is 0 Å². The van der Waals surface area contributed by atoms with Crippen LogP contribution in [-0.2, 0) is 0 Å². The second-order valence-corrected chi connectivity index (χ2v) is 5.57. The van der Waals surface area contributed by atoms with Gasteiger partial charge in [0.1, 0.15) is 5.76 Å². The minimum Gasteiger partial charge on any atom is -0.396 e. The van der Waals surface area contributed by atoms with Crippen LogP contribution < -0.4 is 5.32 Å². The molecule has 0 aromatic carbocycles. The molecule has 0 aliphatic rings. The van der Waals surface area contributed by atoms with E-state index in [9.17, 15) is 4.79 Å². The Labute approximate surface area is 121 Å². The Hall–Kier alpha value is -1.66. The van der Waals surface area contributed by atoms with E-state index in [0.29, 0.717) is 24.4 Å². The Balaban J connectivity index is 1.83. The molecule has 0 aliphatic heterocycles. The van der Waals surface area contributed by atoms with Gasteiger partial charge < -0.3 is 14.9 Å². The maximum atomic E-state index is 11.8. The van der Waals surface area contributed by atoms with Crippen molar-refractivity contribution >= 4 is 17.2 Å². The summed E-state index contributed by atoms with van der Waals surface area (Å²) in [6, 6.07) is 5.68. The molecule has 2 heterocycles. The van der Waals surface area contributed by atoms with Crippen LogP contribution in [0, 0.1) is 6.92 Å². The minimum atomic E-state index is -0.226. The molecule has 0 fully saturated rings. The number of nitrogens with zero attached hydrogens (tertiary/aromatic N) is 1. The Morgan fingerprint density at radius 2 is 2.40 bits per heavy atom. The molecular formula is C14H18N2O3S. The van der Waals surface area contributed by atoms with Crippen molar-refractivity contribution in [2.75, 3.05) is 13.2 Å². The lowest BCUT2D eigenvalue weighted by atomic mass is 10.00. The van der Waals surface area contributed by atoms with E-state index in [2.05, 4.69) is 16.5 Å². The molecule has 5 nitrogen and oxygen atoms in total. The van der Waals surface area contributed by atoms with E-state index in [-0.39, 0.29) is 18.4 Å². The van der Waals surface area contributed by atoms with Crippen molar-refractivity contribution in [2.24, 2.45) is 0 Å². The van der Waals surface area contributed by atoms with Crippen LogP contribution in [0.25, 0.3) is 0 Å². The fraction of sp³-hybridized carbons (Fsp3) is 0.429. The third kappa shape index (κ3) is 3.91. The van der Waals surface area contributed by atoms with E-state index in [0.717, 1.165) is 6.42 Å². The van der Waals surface area contributed by atoms with Gasteiger partial charge >= 0.3 is 0 Å². The van der Waals surface area contributed by atoms with Gasteiger partial charge in [-0.15, -0.1) is 11.3 Å². The molecule has 1 atom stereocenters. The second-order valence-electron chi connectivity index (χ2n) is 4.59. The van der Waals surface area contributed by atoms with Crippen LogP contribution >= 0.6 is 11.3 Å². The molecule has 1 amide bonds. The number of thiophene rings is 1. The van der Waals surface area contributed by atoms with E-state index in [4.69, 9.17) is 9.63 Å². The highest BCUT2D eigenvalue weighted by molar-refractivity contribution is 7.10. The highest BCUT2D eigenvalue weighted by Crippen LogP contribution is 2.26. The molecule has 0 unspecified atom stereocenters. The average Bonchev–Trinajstić information content (AvgIpc) is 3.08. The molecule has 0 spiro atoms. The number of amides is 1. The van der Waals surface area contributed by atoms with Crippen LogP contribution in [0.2, 0.25) is 0 Å². The molecule has 108 valence electrons. The Kier molecular flexibility index (Phi) is 5.31. The number of hydrogen-bond donors (Lipinski definition) is 2. The SMILES string of the molecule is Cc1cc(C(=O)NCC[C@H](CCO)c2cccs2)no1. The molecule has 0 saturated heterocycles. The van der Waals surface area contributed by atoms with Crippen LogP contribution in [0.1, 0.15) is 39.9 Å². The van der Waals surface area contributed by atoms with E-state index in [1.807, 2.05) is 11.4 Å². The molecule has 6 heteroatoms. The lowest BCUT2D eigenvalue weighted by Gasteiger charge is -2.14. The number of nitrogens with one attached hydrogen (secondary N) is 1. The predicted molar refractivity (Wildman–Crippen MR) is 77.0 cm³/mol. The zero-order valence-electron chi connectivity index (χ0n) is 11.3. The van der Waals surface area contributed by atoms with Crippen LogP contribution in [0.3, 0.4) is 0 Å². The largest absolute Gasteiger partial charge is 0.396 e. The van der Waals surface area contributed by atoms with Crippen molar-refractivity contribution in [2.45, 2.75) is 25.7 Å². The summed E-state index contributed by atoms with van der Waals surface area (Å²) < 4.78 is 4.87. The zero-order chi connectivity index (χ0) is 14.4.